The van der Waals surface area contributed by atoms with Crippen molar-refractivity contribution in [2.45, 2.75) is 12.8 Å². The summed E-state index contributed by atoms with van der Waals surface area (Å²) in [5, 5.41) is 7.39. The second-order valence-corrected chi connectivity index (χ2v) is 7.45. The van der Waals surface area contributed by atoms with Crippen molar-refractivity contribution in [3.63, 3.8) is 0 Å². The van der Waals surface area contributed by atoms with Crippen LogP contribution in [-0.4, -0.2) is 35.9 Å². The van der Waals surface area contributed by atoms with Gasteiger partial charge in [-0.15, -0.1) is 0 Å². The van der Waals surface area contributed by atoms with Crippen LogP contribution in [0, 0.1) is 5.92 Å². The van der Waals surface area contributed by atoms with Crippen molar-refractivity contribution >= 4 is 46.1 Å². The Balaban J connectivity index is 1.62. The number of benzene rings is 2. The first-order valence-corrected chi connectivity index (χ1v) is 9.46. The average molecular weight is 388 g/mol. The van der Waals surface area contributed by atoms with E-state index in [0.29, 0.717) is 10.1 Å². The third-order valence-corrected chi connectivity index (χ3v) is 5.05. The van der Waals surface area contributed by atoms with Gasteiger partial charge in [0.15, 0.2) is 10.9 Å². The van der Waals surface area contributed by atoms with Crippen molar-refractivity contribution in [2.24, 2.45) is 5.92 Å². The highest BCUT2D eigenvalue weighted by Gasteiger charge is 2.24. The van der Waals surface area contributed by atoms with Crippen LogP contribution in [-0.2, 0) is 0 Å². The van der Waals surface area contributed by atoms with Crippen molar-refractivity contribution in [2.75, 3.05) is 30.8 Å². The number of likely N-dealkylation sites (tertiary alicyclic amines) is 1. The van der Waals surface area contributed by atoms with Crippen LogP contribution in [0.3, 0.4) is 0 Å². The average Bonchev–Trinajstić information content (AvgIpc) is 2.64. The van der Waals surface area contributed by atoms with Gasteiger partial charge in [0.05, 0.1) is 0 Å². The number of nitrogens with one attached hydrogen (secondary N) is 2. The molecule has 1 aliphatic heterocycles. The molecule has 4 nitrogen and oxygen atoms in total. The van der Waals surface area contributed by atoms with Crippen molar-refractivity contribution in [3.8, 4) is 0 Å². The van der Waals surface area contributed by atoms with Crippen LogP contribution in [0.25, 0.3) is 0 Å². The lowest BCUT2D eigenvalue weighted by Gasteiger charge is -2.28. The molecule has 0 aromatic heterocycles. The Kier molecular flexibility index (Phi) is 6.25. The number of thiocarbonyl (C=S) groups is 1. The topological polar surface area (TPSA) is 44.4 Å². The molecule has 2 aromatic carbocycles. The number of hydrogen-bond donors (Lipinski definition) is 2. The van der Waals surface area contributed by atoms with E-state index in [9.17, 15) is 4.79 Å². The van der Waals surface area contributed by atoms with Gasteiger partial charge in [-0.25, -0.2) is 0 Å². The summed E-state index contributed by atoms with van der Waals surface area (Å²) in [6.07, 6.45) is 1.84. The maximum atomic E-state index is 12.8. The van der Waals surface area contributed by atoms with E-state index in [2.05, 4.69) is 22.6 Å². The summed E-state index contributed by atoms with van der Waals surface area (Å²) in [6.45, 7) is 1.95. The largest absolute Gasteiger partial charge is 0.332 e. The lowest BCUT2D eigenvalue weighted by molar-refractivity contribution is 0.0857. The van der Waals surface area contributed by atoms with Gasteiger partial charge in [-0.05, 0) is 81.6 Å². The molecule has 0 bridgehead atoms. The Morgan fingerprint density at radius 3 is 2.42 bits per heavy atom. The van der Waals surface area contributed by atoms with Crippen molar-refractivity contribution in [1.29, 1.82) is 0 Å². The Morgan fingerprint density at radius 1 is 1.08 bits per heavy atom. The van der Waals surface area contributed by atoms with E-state index >= 15 is 0 Å². The Hall–Kier alpha value is -1.95. The van der Waals surface area contributed by atoms with E-state index < -0.39 is 0 Å². The van der Waals surface area contributed by atoms with E-state index in [-0.39, 0.29) is 11.7 Å². The van der Waals surface area contributed by atoms with Crippen LogP contribution >= 0.6 is 23.8 Å². The van der Waals surface area contributed by atoms with Gasteiger partial charge in [0.25, 0.3) is 0 Å². The number of carbonyl (C=O) groups is 1. The summed E-state index contributed by atoms with van der Waals surface area (Å²) in [6, 6.07) is 14.8. The molecule has 2 aromatic rings. The van der Waals surface area contributed by atoms with Gasteiger partial charge in [0.1, 0.15) is 0 Å². The summed E-state index contributed by atoms with van der Waals surface area (Å²) < 4.78 is 0. The fourth-order valence-corrected chi connectivity index (χ4v) is 3.45. The Morgan fingerprint density at radius 2 is 1.73 bits per heavy atom. The minimum Gasteiger partial charge on any atom is -0.332 e. The predicted octanol–water partition coefficient (Wildman–Crippen LogP) is 4.67. The normalized spacial score (nSPS) is 15.5. The second kappa shape index (κ2) is 8.62. The molecule has 0 saturated carbocycles. The SMILES string of the molecule is CN1CCC(C(=O)c2cccc(NC(=S)Nc3ccc(Cl)cc3)c2)CC1. The van der Waals surface area contributed by atoms with Crippen molar-refractivity contribution in [3.05, 3.63) is 59.1 Å². The van der Waals surface area contributed by atoms with Crippen LogP contribution in [0.4, 0.5) is 11.4 Å². The van der Waals surface area contributed by atoms with Gasteiger partial charge in [0, 0.05) is 27.9 Å². The molecule has 1 heterocycles. The summed E-state index contributed by atoms with van der Waals surface area (Å²) >= 11 is 11.2. The summed E-state index contributed by atoms with van der Waals surface area (Å²) in [4.78, 5) is 15.0. The third kappa shape index (κ3) is 5.04. The molecule has 26 heavy (non-hydrogen) atoms. The number of anilines is 2. The van der Waals surface area contributed by atoms with Gasteiger partial charge < -0.3 is 15.5 Å². The Labute approximate surface area is 164 Å². The number of piperidine rings is 1. The number of ketones is 1. The molecule has 0 aliphatic carbocycles. The fraction of sp³-hybridized carbons (Fsp3) is 0.300. The van der Waals surface area contributed by atoms with Gasteiger partial charge >= 0.3 is 0 Å². The van der Waals surface area contributed by atoms with Gasteiger partial charge in [0.2, 0.25) is 0 Å². The number of hydrogen-bond acceptors (Lipinski definition) is 3. The lowest BCUT2D eigenvalue weighted by Crippen LogP contribution is -2.33. The molecule has 1 aliphatic rings. The van der Waals surface area contributed by atoms with Crippen LogP contribution in [0.5, 0.6) is 0 Å². The minimum atomic E-state index is 0.112. The maximum Gasteiger partial charge on any atom is 0.175 e. The van der Waals surface area contributed by atoms with Crippen molar-refractivity contribution in [1.82, 2.24) is 4.90 Å². The molecule has 0 amide bonds. The smallest absolute Gasteiger partial charge is 0.175 e. The third-order valence-electron chi connectivity index (χ3n) is 4.60. The zero-order valence-electron chi connectivity index (χ0n) is 14.7. The first-order chi connectivity index (χ1) is 12.5. The van der Waals surface area contributed by atoms with Crippen LogP contribution in [0.1, 0.15) is 23.2 Å². The summed E-state index contributed by atoms with van der Waals surface area (Å²) in [5.41, 5.74) is 2.39. The molecule has 0 atom stereocenters. The van der Waals surface area contributed by atoms with E-state index in [0.717, 1.165) is 42.9 Å². The molecule has 3 rings (SSSR count). The van der Waals surface area contributed by atoms with Crippen molar-refractivity contribution < 1.29 is 4.79 Å². The molecular weight excluding hydrogens is 366 g/mol. The summed E-state index contributed by atoms with van der Waals surface area (Å²) in [7, 11) is 2.10. The highest BCUT2D eigenvalue weighted by molar-refractivity contribution is 7.80. The van der Waals surface area contributed by atoms with E-state index in [1.54, 1.807) is 12.1 Å². The zero-order chi connectivity index (χ0) is 18.5. The second-order valence-electron chi connectivity index (χ2n) is 6.61. The summed E-state index contributed by atoms with van der Waals surface area (Å²) in [5.74, 6) is 0.332. The van der Waals surface area contributed by atoms with Crippen LogP contribution in [0.15, 0.2) is 48.5 Å². The van der Waals surface area contributed by atoms with Crippen LogP contribution < -0.4 is 10.6 Å². The number of Topliss-reactive ketones (excluding diaryl/α,β-unsaturated/α-hetero) is 1. The van der Waals surface area contributed by atoms with Gasteiger partial charge in [-0.3, -0.25) is 4.79 Å². The highest BCUT2D eigenvalue weighted by atomic mass is 35.5. The zero-order valence-corrected chi connectivity index (χ0v) is 16.2. The molecule has 0 spiro atoms. The quantitative estimate of drug-likeness (QED) is 0.589. The molecule has 1 fully saturated rings. The standard InChI is InChI=1S/C20H22ClN3OS/c1-24-11-9-14(10-12-24)19(25)15-3-2-4-18(13-15)23-20(26)22-17-7-5-16(21)6-8-17/h2-8,13-14H,9-12H2,1H3,(H2,22,23,26). The molecule has 2 N–H and O–H groups in total. The first kappa shape index (κ1) is 18.8. The van der Waals surface area contributed by atoms with Gasteiger partial charge in [-0.1, -0.05) is 23.7 Å². The molecule has 0 radical (unpaired) electrons. The lowest BCUT2D eigenvalue weighted by atomic mass is 9.89. The monoisotopic (exact) mass is 387 g/mol. The molecule has 6 heteroatoms. The van der Waals surface area contributed by atoms with Crippen LogP contribution in [0.2, 0.25) is 5.02 Å². The molecular formula is C20H22ClN3OS. The Bertz CT molecular complexity index is 786. The first-order valence-electron chi connectivity index (χ1n) is 8.67. The molecule has 1 saturated heterocycles. The molecule has 136 valence electrons. The van der Waals surface area contributed by atoms with E-state index in [1.165, 1.54) is 0 Å². The van der Waals surface area contributed by atoms with E-state index in [4.69, 9.17) is 23.8 Å². The number of carbonyl (C=O) groups excluding carboxylic acids is 1. The number of nitrogens with zero attached hydrogens (tertiary/aromatic N) is 1. The maximum absolute atomic E-state index is 12.8. The number of rotatable bonds is 4. The number of halogens is 1. The fourth-order valence-electron chi connectivity index (χ4n) is 3.08. The predicted molar refractivity (Wildman–Crippen MR) is 112 cm³/mol. The highest BCUT2D eigenvalue weighted by Crippen LogP contribution is 2.23. The molecule has 0 unspecified atom stereocenters. The van der Waals surface area contributed by atoms with E-state index in [1.807, 2.05) is 36.4 Å². The van der Waals surface area contributed by atoms with Gasteiger partial charge in [-0.2, -0.15) is 0 Å². The minimum absolute atomic E-state index is 0.112.